The van der Waals surface area contributed by atoms with Crippen LogP contribution in [0.3, 0.4) is 0 Å². The highest BCUT2D eigenvalue weighted by atomic mass is 28.4. The first-order valence-corrected chi connectivity index (χ1v) is 9.50. The van der Waals surface area contributed by atoms with Crippen LogP contribution < -0.4 is 10.6 Å². The Balaban J connectivity index is 2.03. The van der Waals surface area contributed by atoms with Crippen molar-refractivity contribution in [2.24, 2.45) is 0 Å². The molecule has 0 bridgehead atoms. The molecule has 1 aromatic carbocycles. The SMILES string of the molecule is CO[Si](CCCNCCN/C=C/c1ccccc1)(OC)OC. The van der Waals surface area contributed by atoms with Gasteiger partial charge < -0.3 is 23.9 Å². The molecule has 0 unspecified atom stereocenters. The Hall–Kier alpha value is -1.18. The van der Waals surface area contributed by atoms with Crippen LogP contribution in [0.5, 0.6) is 0 Å². The predicted octanol–water partition coefficient (Wildman–Crippen LogP) is 2.10. The fourth-order valence-electron chi connectivity index (χ4n) is 2.07. The zero-order chi connectivity index (χ0) is 16.1. The minimum absolute atomic E-state index is 0.824. The van der Waals surface area contributed by atoms with Gasteiger partial charge in [-0.2, -0.15) is 0 Å². The summed E-state index contributed by atoms with van der Waals surface area (Å²) in [6, 6.07) is 11.1. The highest BCUT2D eigenvalue weighted by Gasteiger charge is 2.36. The highest BCUT2D eigenvalue weighted by Crippen LogP contribution is 2.14. The summed E-state index contributed by atoms with van der Waals surface area (Å²) in [4.78, 5) is 0. The Kier molecular flexibility index (Phi) is 9.77. The largest absolute Gasteiger partial charge is 0.500 e. The summed E-state index contributed by atoms with van der Waals surface area (Å²) in [5.41, 5.74) is 1.20. The molecule has 0 spiro atoms. The van der Waals surface area contributed by atoms with Gasteiger partial charge >= 0.3 is 8.80 Å². The molecule has 0 amide bonds. The summed E-state index contributed by atoms with van der Waals surface area (Å²) < 4.78 is 16.1. The van der Waals surface area contributed by atoms with Gasteiger partial charge in [0.15, 0.2) is 0 Å². The van der Waals surface area contributed by atoms with E-state index in [4.69, 9.17) is 13.3 Å². The highest BCUT2D eigenvalue weighted by molar-refractivity contribution is 6.60. The van der Waals surface area contributed by atoms with Crippen LogP contribution in [0.2, 0.25) is 6.04 Å². The summed E-state index contributed by atoms with van der Waals surface area (Å²) in [5.74, 6) is 0. The molecule has 5 nitrogen and oxygen atoms in total. The fourth-order valence-corrected chi connectivity index (χ4v) is 3.80. The van der Waals surface area contributed by atoms with Crippen molar-refractivity contribution in [1.29, 1.82) is 0 Å². The van der Waals surface area contributed by atoms with Crippen molar-refractivity contribution in [3.63, 3.8) is 0 Å². The maximum Gasteiger partial charge on any atom is 0.500 e. The van der Waals surface area contributed by atoms with Gasteiger partial charge in [0.25, 0.3) is 0 Å². The maximum atomic E-state index is 5.38. The lowest BCUT2D eigenvalue weighted by Gasteiger charge is -2.24. The molecule has 0 saturated heterocycles. The van der Waals surface area contributed by atoms with Gasteiger partial charge in [0, 0.05) is 40.5 Å². The third-order valence-electron chi connectivity index (χ3n) is 3.41. The summed E-state index contributed by atoms with van der Waals surface area (Å²) >= 11 is 0. The van der Waals surface area contributed by atoms with E-state index < -0.39 is 8.80 Å². The standard InChI is InChI=1S/C16H28N2O3Si/c1-19-22(20-2,21-3)15-7-11-17-13-14-18-12-10-16-8-5-4-6-9-16/h4-6,8-10,12,17-18H,7,11,13-15H2,1-3H3/b12-10+. The summed E-state index contributed by atoms with van der Waals surface area (Å²) in [6.45, 7) is 2.74. The second kappa shape index (κ2) is 11.4. The van der Waals surface area contributed by atoms with Crippen LogP contribution in [0.15, 0.2) is 36.5 Å². The van der Waals surface area contributed by atoms with Crippen LogP contribution in [-0.2, 0) is 13.3 Å². The lowest BCUT2D eigenvalue weighted by atomic mass is 10.2. The second-order valence-electron chi connectivity index (χ2n) is 4.85. The number of rotatable bonds is 12. The summed E-state index contributed by atoms with van der Waals surface area (Å²) in [7, 11) is 2.54. The molecule has 0 aromatic heterocycles. The molecule has 2 N–H and O–H groups in total. The van der Waals surface area contributed by atoms with Gasteiger partial charge in [-0.1, -0.05) is 30.3 Å². The van der Waals surface area contributed by atoms with Gasteiger partial charge in [-0.25, -0.2) is 0 Å². The Morgan fingerprint density at radius 2 is 1.64 bits per heavy atom. The smallest absolute Gasteiger partial charge is 0.390 e. The first-order valence-electron chi connectivity index (χ1n) is 7.57. The van der Waals surface area contributed by atoms with Crippen molar-refractivity contribution in [1.82, 2.24) is 10.6 Å². The molecule has 1 rings (SSSR count). The Labute approximate surface area is 135 Å². The van der Waals surface area contributed by atoms with E-state index in [9.17, 15) is 0 Å². The van der Waals surface area contributed by atoms with Crippen LogP contribution in [-0.4, -0.2) is 49.8 Å². The van der Waals surface area contributed by atoms with E-state index in [-0.39, 0.29) is 0 Å². The average Bonchev–Trinajstić information content (AvgIpc) is 2.58. The number of benzene rings is 1. The van der Waals surface area contributed by atoms with E-state index in [1.165, 1.54) is 5.56 Å². The van der Waals surface area contributed by atoms with Crippen molar-refractivity contribution in [2.75, 3.05) is 41.0 Å². The Morgan fingerprint density at radius 1 is 0.955 bits per heavy atom. The average molecular weight is 324 g/mol. The summed E-state index contributed by atoms with van der Waals surface area (Å²) in [6.07, 6.45) is 5.02. The quantitative estimate of drug-likeness (QED) is 0.455. The zero-order valence-electron chi connectivity index (χ0n) is 13.8. The summed E-state index contributed by atoms with van der Waals surface area (Å²) in [5, 5.41) is 6.65. The van der Waals surface area contributed by atoms with Crippen molar-refractivity contribution in [3.8, 4) is 0 Å². The molecule has 0 aliphatic carbocycles. The fraction of sp³-hybridized carbons (Fsp3) is 0.500. The van der Waals surface area contributed by atoms with Gasteiger partial charge in [0.05, 0.1) is 0 Å². The molecule has 0 aliphatic rings. The van der Waals surface area contributed by atoms with E-state index in [1.807, 2.05) is 24.4 Å². The van der Waals surface area contributed by atoms with E-state index in [0.29, 0.717) is 0 Å². The number of hydrogen-bond donors (Lipinski definition) is 2. The molecule has 0 heterocycles. The minimum atomic E-state index is -2.40. The predicted molar refractivity (Wildman–Crippen MR) is 92.6 cm³/mol. The van der Waals surface area contributed by atoms with Crippen LogP contribution in [0, 0.1) is 0 Å². The van der Waals surface area contributed by atoms with Gasteiger partial charge in [-0.05, 0) is 30.8 Å². The van der Waals surface area contributed by atoms with Gasteiger partial charge in [0.1, 0.15) is 0 Å². The molecule has 0 saturated carbocycles. The monoisotopic (exact) mass is 324 g/mol. The first kappa shape index (κ1) is 18.9. The Bertz CT molecular complexity index is 403. The minimum Gasteiger partial charge on any atom is -0.390 e. The third kappa shape index (κ3) is 7.19. The number of nitrogens with one attached hydrogen (secondary N) is 2. The van der Waals surface area contributed by atoms with E-state index >= 15 is 0 Å². The number of hydrogen-bond acceptors (Lipinski definition) is 5. The van der Waals surface area contributed by atoms with Crippen molar-refractivity contribution in [3.05, 3.63) is 42.1 Å². The third-order valence-corrected chi connectivity index (χ3v) is 6.24. The van der Waals surface area contributed by atoms with Gasteiger partial charge in [-0.15, -0.1) is 0 Å². The molecule has 0 fully saturated rings. The normalized spacial score (nSPS) is 12.0. The van der Waals surface area contributed by atoms with Crippen LogP contribution in [0.1, 0.15) is 12.0 Å². The topological polar surface area (TPSA) is 51.8 Å². The van der Waals surface area contributed by atoms with Crippen LogP contribution in [0.4, 0.5) is 0 Å². The van der Waals surface area contributed by atoms with Gasteiger partial charge in [-0.3, -0.25) is 0 Å². The molecular weight excluding hydrogens is 296 g/mol. The lowest BCUT2D eigenvalue weighted by molar-refractivity contribution is 0.123. The Morgan fingerprint density at radius 3 is 2.27 bits per heavy atom. The lowest BCUT2D eigenvalue weighted by Crippen LogP contribution is -2.43. The van der Waals surface area contributed by atoms with Gasteiger partial charge in [0.2, 0.25) is 0 Å². The van der Waals surface area contributed by atoms with Crippen LogP contribution in [0.25, 0.3) is 6.08 Å². The molecular formula is C16H28N2O3Si. The molecule has 6 heteroatoms. The molecule has 22 heavy (non-hydrogen) atoms. The van der Waals surface area contributed by atoms with E-state index in [1.54, 1.807) is 21.3 Å². The molecule has 124 valence electrons. The van der Waals surface area contributed by atoms with Crippen molar-refractivity contribution >= 4 is 14.9 Å². The maximum absolute atomic E-state index is 5.38. The van der Waals surface area contributed by atoms with Crippen LogP contribution >= 0.6 is 0 Å². The molecule has 1 aromatic rings. The molecule has 0 atom stereocenters. The van der Waals surface area contributed by atoms with Crippen molar-refractivity contribution < 1.29 is 13.3 Å². The second-order valence-corrected chi connectivity index (χ2v) is 7.94. The zero-order valence-corrected chi connectivity index (χ0v) is 14.8. The van der Waals surface area contributed by atoms with E-state index in [0.717, 1.165) is 32.1 Å². The van der Waals surface area contributed by atoms with E-state index in [2.05, 4.69) is 28.8 Å². The van der Waals surface area contributed by atoms with Crippen molar-refractivity contribution in [2.45, 2.75) is 12.5 Å². The molecule has 0 aliphatic heterocycles. The first-order chi connectivity index (χ1) is 10.8. The molecule has 0 radical (unpaired) electrons.